The Morgan fingerprint density at radius 2 is 1.83 bits per heavy atom. The number of thiophene rings is 1. The van der Waals surface area contributed by atoms with Crippen LogP contribution in [0.4, 0.5) is 5.00 Å². The Hall–Kier alpha value is -3.91. The molecule has 0 aliphatic carbocycles. The molecule has 0 radical (unpaired) electrons. The predicted molar refractivity (Wildman–Crippen MR) is 136 cm³/mol. The van der Waals surface area contributed by atoms with Crippen LogP contribution in [0.3, 0.4) is 0 Å². The molecule has 1 atom stereocenters. The molecule has 0 fully saturated rings. The van der Waals surface area contributed by atoms with Crippen LogP contribution >= 0.6 is 11.3 Å². The second-order valence-electron chi connectivity index (χ2n) is 8.30. The van der Waals surface area contributed by atoms with Crippen molar-refractivity contribution in [3.63, 3.8) is 0 Å². The zero-order valence-corrected chi connectivity index (χ0v) is 20.3. The quantitative estimate of drug-likeness (QED) is 0.354. The Bertz CT molecular complexity index is 1260. The van der Waals surface area contributed by atoms with E-state index < -0.39 is 18.5 Å². The summed E-state index contributed by atoms with van der Waals surface area (Å²) in [5.74, 6) is -0.688. The highest BCUT2D eigenvalue weighted by atomic mass is 32.1. The minimum atomic E-state index is -0.680. The lowest BCUT2D eigenvalue weighted by Crippen LogP contribution is -2.35. The number of ether oxygens (including phenoxy) is 2. The van der Waals surface area contributed by atoms with Crippen molar-refractivity contribution in [2.24, 2.45) is 0 Å². The third kappa shape index (κ3) is 5.96. The number of hydrogen-bond acceptors (Lipinski definition) is 6. The number of rotatable bonds is 7. The summed E-state index contributed by atoms with van der Waals surface area (Å²) in [6.45, 7) is 3.68. The lowest BCUT2D eigenvalue weighted by Gasteiger charge is -2.26. The molecule has 2 amide bonds. The lowest BCUT2D eigenvalue weighted by atomic mass is 10.0. The van der Waals surface area contributed by atoms with Gasteiger partial charge in [0, 0.05) is 29.0 Å². The van der Waals surface area contributed by atoms with Gasteiger partial charge < -0.3 is 20.1 Å². The molecule has 1 aliphatic heterocycles. The summed E-state index contributed by atoms with van der Waals surface area (Å²) in [6, 6.07) is 16.7. The Morgan fingerprint density at radius 3 is 2.60 bits per heavy atom. The van der Waals surface area contributed by atoms with Crippen molar-refractivity contribution >= 4 is 34.1 Å². The molecule has 0 saturated carbocycles. The lowest BCUT2D eigenvalue weighted by molar-refractivity contribution is -0.125. The number of hydrogen-bond donors (Lipinski definition) is 2. The van der Waals surface area contributed by atoms with Gasteiger partial charge in [-0.1, -0.05) is 54.1 Å². The summed E-state index contributed by atoms with van der Waals surface area (Å²) < 4.78 is 11.0. The van der Waals surface area contributed by atoms with Gasteiger partial charge >= 0.3 is 5.97 Å². The van der Waals surface area contributed by atoms with Crippen molar-refractivity contribution in [2.45, 2.75) is 26.3 Å². The number of allylic oxidation sites excluding steroid dienone is 1. The molecule has 1 unspecified atom stereocenters. The molecule has 2 aromatic carbocycles. The number of nitrogens with one attached hydrogen (secondary N) is 2. The van der Waals surface area contributed by atoms with Gasteiger partial charge in [0.15, 0.2) is 6.61 Å². The normalized spacial score (nSPS) is 14.2. The van der Waals surface area contributed by atoms with Gasteiger partial charge in [-0.05, 0) is 25.5 Å². The molecule has 180 valence electrons. The van der Waals surface area contributed by atoms with Crippen molar-refractivity contribution in [3.8, 4) is 16.9 Å². The third-order valence-corrected chi connectivity index (χ3v) is 6.26. The van der Waals surface area contributed by atoms with Crippen molar-refractivity contribution in [3.05, 3.63) is 82.8 Å². The average Bonchev–Trinajstić information content (AvgIpc) is 3.26. The van der Waals surface area contributed by atoms with E-state index in [1.807, 2.05) is 68.4 Å². The molecule has 0 bridgehead atoms. The Morgan fingerprint density at radius 1 is 1.09 bits per heavy atom. The van der Waals surface area contributed by atoms with Gasteiger partial charge in [0.05, 0.1) is 12.6 Å². The number of amides is 2. The van der Waals surface area contributed by atoms with Crippen LogP contribution in [0.2, 0.25) is 0 Å². The number of benzene rings is 2. The first-order valence-electron chi connectivity index (χ1n) is 11.2. The van der Waals surface area contributed by atoms with Crippen molar-refractivity contribution < 1.29 is 23.9 Å². The first-order chi connectivity index (χ1) is 16.9. The van der Waals surface area contributed by atoms with E-state index in [0.29, 0.717) is 23.6 Å². The van der Waals surface area contributed by atoms with E-state index in [4.69, 9.17) is 9.47 Å². The van der Waals surface area contributed by atoms with E-state index in [1.54, 1.807) is 5.38 Å². The van der Waals surface area contributed by atoms with Crippen LogP contribution in [0.15, 0.2) is 71.6 Å². The maximum Gasteiger partial charge on any atom is 0.342 e. The van der Waals surface area contributed by atoms with Gasteiger partial charge in [-0.3, -0.25) is 9.59 Å². The summed E-state index contributed by atoms with van der Waals surface area (Å²) in [4.78, 5) is 38.1. The molecule has 0 spiro atoms. The summed E-state index contributed by atoms with van der Waals surface area (Å²) in [7, 11) is 0. The fraction of sp³-hybridized carbons (Fsp3) is 0.222. The van der Waals surface area contributed by atoms with Crippen LogP contribution in [0.1, 0.15) is 42.2 Å². The Kier molecular flexibility index (Phi) is 7.62. The summed E-state index contributed by atoms with van der Waals surface area (Å²) in [5.41, 5.74) is 3.39. The van der Waals surface area contributed by atoms with E-state index in [0.717, 1.165) is 22.4 Å². The standard InChI is InChI=1S/C27H26N2O5S/c1-17(2)14-23(30)29-26-25(20(16-35-26)18-8-4-3-5-9-18)27(32)34-15-24(31)28-21-12-13-33-22-11-7-6-10-19(21)22/h3-11,14,16,21H,12-13,15H2,1-2H3,(H,28,31)(H,29,30). The Balaban J connectivity index is 1.49. The molecule has 2 N–H and O–H groups in total. The molecule has 2 heterocycles. The van der Waals surface area contributed by atoms with Crippen LogP contribution in [0, 0.1) is 0 Å². The maximum atomic E-state index is 13.1. The monoisotopic (exact) mass is 490 g/mol. The zero-order chi connectivity index (χ0) is 24.8. The molecule has 4 rings (SSSR count). The number of carbonyl (C=O) groups is 3. The van der Waals surface area contributed by atoms with Crippen LogP contribution in [-0.4, -0.2) is 31.0 Å². The summed E-state index contributed by atoms with van der Waals surface area (Å²) in [6.07, 6.45) is 2.08. The largest absolute Gasteiger partial charge is 0.493 e. The second-order valence-corrected chi connectivity index (χ2v) is 9.18. The van der Waals surface area contributed by atoms with Gasteiger partial charge in [-0.2, -0.15) is 0 Å². The fourth-order valence-corrected chi connectivity index (χ4v) is 4.78. The van der Waals surface area contributed by atoms with Gasteiger partial charge in [-0.15, -0.1) is 11.3 Å². The van der Waals surface area contributed by atoms with Gasteiger partial charge in [0.25, 0.3) is 5.91 Å². The summed E-state index contributed by atoms with van der Waals surface area (Å²) in [5, 5.41) is 7.85. The summed E-state index contributed by atoms with van der Waals surface area (Å²) >= 11 is 1.23. The molecular formula is C27H26N2O5S. The predicted octanol–water partition coefficient (Wildman–Crippen LogP) is 5.12. The zero-order valence-electron chi connectivity index (χ0n) is 19.5. The number of carbonyl (C=O) groups excluding carboxylic acids is 3. The Labute approximate surface area is 207 Å². The molecule has 0 saturated heterocycles. The third-order valence-electron chi connectivity index (χ3n) is 5.36. The first kappa shape index (κ1) is 24.2. The van der Waals surface area contributed by atoms with Gasteiger partial charge in [-0.25, -0.2) is 4.79 Å². The van der Waals surface area contributed by atoms with E-state index >= 15 is 0 Å². The van der Waals surface area contributed by atoms with Crippen LogP contribution < -0.4 is 15.4 Å². The van der Waals surface area contributed by atoms with Crippen LogP contribution in [0.5, 0.6) is 5.75 Å². The van der Waals surface area contributed by atoms with Gasteiger partial charge in [0.1, 0.15) is 16.3 Å². The highest BCUT2D eigenvalue weighted by molar-refractivity contribution is 7.15. The molecule has 35 heavy (non-hydrogen) atoms. The highest BCUT2D eigenvalue weighted by Crippen LogP contribution is 2.36. The second kappa shape index (κ2) is 11.0. The van der Waals surface area contributed by atoms with E-state index in [9.17, 15) is 14.4 Å². The van der Waals surface area contributed by atoms with Crippen LogP contribution in [0.25, 0.3) is 11.1 Å². The van der Waals surface area contributed by atoms with Crippen molar-refractivity contribution in [1.29, 1.82) is 0 Å². The number of para-hydroxylation sites is 1. The van der Waals surface area contributed by atoms with E-state index in [-0.39, 0.29) is 17.5 Å². The molecule has 7 nitrogen and oxygen atoms in total. The average molecular weight is 491 g/mol. The smallest absolute Gasteiger partial charge is 0.342 e. The topological polar surface area (TPSA) is 93.7 Å². The SMILES string of the molecule is CC(C)=CC(=O)Nc1scc(-c2ccccc2)c1C(=O)OCC(=O)NC1CCOc2ccccc21. The fourth-order valence-electron chi connectivity index (χ4n) is 3.82. The minimum Gasteiger partial charge on any atom is -0.493 e. The molecule has 1 aromatic heterocycles. The maximum absolute atomic E-state index is 13.1. The number of anilines is 1. The van der Waals surface area contributed by atoms with E-state index in [1.165, 1.54) is 17.4 Å². The molecule has 1 aliphatic rings. The first-order valence-corrected chi connectivity index (χ1v) is 12.1. The molecular weight excluding hydrogens is 464 g/mol. The van der Waals surface area contributed by atoms with Crippen molar-refractivity contribution in [1.82, 2.24) is 5.32 Å². The molecule has 8 heteroatoms. The highest BCUT2D eigenvalue weighted by Gasteiger charge is 2.25. The number of fused-ring (bicyclic) bond motifs is 1. The van der Waals surface area contributed by atoms with Gasteiger partial charge in [0.2, 0.25) is 5.91 Å². The minimum absolute atomic E-state index is 0.217. The molecule has 3 aromatic rings. The number of esters is 1. The van der Waals surface area contributed by atoms with Crippen molar-refractivity contribution in [2.75, 3.05) is 18.5 Å². The van der Waals surface area contributed by atoms with Crippen LogP contribution in [-0.2, 0) is 14.3 Å². The van der Waals surface area contributed by atoms with E-state index in [2.05, 4.69) is 10.6 Å².